The van der Waals surface area contributed by atoms with E-state index >= 15 is 0 Å². The number of thiophene rings is 1. The summed E-state index contributed by atoms with van der Waals surface area (Å²) >= 11 is 1.54. The molecule has 106 valence electrons. The van der Waals surface area contributed by atoms with E-state index < -0.39 is 0 Å². The highest BCUT2D eigenvalue weighted by molar-refractivity contribution is 7.14. The number of benzene rings is 1. The third-order valence-corrected chi connectivity index (χ3v) is 4.68. The van der Waals surface area contributed by atoms with Gasteiger partial charge in [0, 0.05) is 10.6 Å². The zero-order valence-electron chi connectivity index (χ0n) is 12.0. The van der Waals surface area contributed by atoms with E-state index in [9.17, 15) is 4.79 Å². The summed E-state index contributed by atoms with van der Waals surface area (Å²) in [6.07, 6.45) is 0.947. The molecule has 1 amide bonds. The van der Waals surface area contributed by atoms with E-state index in [0.717, 1.165) is 28.1 Å². The molecule has 1 aromatic carbocycles. The number of carbonyl (C=O) groups excluding carboxylic acids is 1. The molecule has 0 unspecified atom stereocenters. The monoisotopic (exact) mass is 289 g/mol. The quantitative estimate of drug-likeness (QED) is 0.902. The van der Waals surface area contributed by atoms with E-state index in [2.05, 4.69) is 12.2 Å². The van der Waals surface area contributed by atoms with Gasteiger partial charge in [0.2, 0.25) is 0 Å². The van der Waals surface area contributed by atoms with Crippen LogP contribution in [0.15, 0.2) is 24.3 Å². The minimum atomic E-state index is -0.0870. The Bertz CT molecular complexity index is 631. The Morgan fingerprint density at radius 2 is 2.00 bits per heavy atom. The molecule has 2 rings (SSSR count). The molecule has 0 bridgehead atoms. The van der Waals surface area contributed by atoms with Crippen LogP contribution in [0.1, 0.15) is 38.2 Å². The summed E-state index contributed by atoms with van der Waals surface area (Å²) in [5.74, 6) is -0.0870. The summed E-state index contributed by atoms with van der Waals surface area (Å²) in [5.41, 5.74) is 3.70. The zero-order chi connectivity index (χ0) is 14.7. The fourth-order valence-electron chi connectivity index (χ4n) is 2.07. The molecule has 4 heteroatoms. The Morgan fingerprint density at radius 3 is 2.60 bits per heavy atom. The second-order valence-corrected chi connectivity index (χ2v) is 5.97. The summed E-state index contributed by atoms with van der Waals surface area (Å²) in [6, 6.07) is 7.51. The van der Waals surface area contributed by atoms with Crippen LogP contribution in [0.25, 0.3) is 0 Å². The third-order valence-electron chi connectivity index (χ3n) is 3.30. The Balaban J connectivity index is 2.22. The minimum Gasteiger partial charge on any atom is -0.392 e. The molecule has 0 fully saturated rings. The fourth-order valence-corrected chi connectivity index (χ4v) is 3.08. The SMILES string of the molecule is CCc1sc(C(=O)Nc2cc(CO)ccc2C)cc1C. The van der Waals surface area contributed by atoms with Crippen molar-refractivity contribution in [2.24, 2.45) is 0 Å². The molecule has 2 aromatic rings. The first kappa shape index (κ1) is 14.8. The van der Waals surface area contributed by atoms with Gasteiger partial charge in [-0.15, -0.1) is 11.3 Å². The Labute approximate surface area is 123 Å². The van der Waals surface area contributed by atoms with E-state index in [1.165, 1.54) is 10.4 Å². The van der Waals surface area contributed by atoms with E-state index in [1.54, 1.807) is 11.3 Å². The largest absolute Gasteiger partial charge is 0.392 e. The lowest BCUT2D eigenvalue weighted by Crippen LogP contribution is -2.11. The van der Waals surface area contributed by atoms with Crippen LogP contribution < -0.4 is 5.32 Å². The van der Waals surface area contributed by atoms with Gasteiger partial charge in [0.1, 0.15) is 0 Å². The predicted octanol–water partition coefficient (Wildman–Crippen LogP) is 3.67. The third kappa shape index (κ3) is 3.08. The number of carbonyl (C=O) groups is 1. The average Bonchev–Trinajstić information content (AvgIpc) is 2.82. The van der Waals surface area contributed by atoms with Crippen LogP contribution >= 0.6 is 11.3 Å². The lowest BCUT2D eigenvalue weighted by Gasteiger charge is -2.09. The molecule has 0 saturated heterocycles. The highest BCUT2D eigenvalue weighted by atomic mass is 32.1. The maximum Gasteiger partial charge on any atom is 0.265 e. The highest BCUT2D eigenvalue weighted by Gasteiger charge is 2.13. The van der Waals surface area contributed by atoms with Gasteiger partial charge in [0.25, 0.3) is 5.91 Å². The van der Waals surface area contributed by atoms with Crippen molar-refractivity contribution in [1.29, 1.82) is 0 Å². The van der Waals surface area contributed by atoms with Gasteiger partial charge in [0.05, 0.1) is 11.5 Å². The van der Waals surface area contributed by atoms with Crippen LogP contribution in [0.3, 0.4) is 0 Å². The van der Waals surface area contributed by atoms with Gasteiger partial charge in [-0.3, -0.25) is 4.79 Å². The summed E-state index contributed by atoms with van der Waals surface area (Å²) in [7, 11) is 0. The van der Waals surface area contributed by atoms with Crippen LogP contribution in [0.5, 0.6) is 0 Å². The average molecular weight is 289 g/mol. The smallest absolute Gasteiger partial charge is 0.265 e. The molecule has 0 aliphatic rings. The van der Waals surface area contributed by atoms with Crippen molar-refractivity contribution in [2.45, 2.75) is 33.8 Å². The number of rotatable bonds is 4. The van der Waals surface area contributed by atoms with Crippen molar-refractivity contribution in [2.75, 3.05) is 5.32 Å². The molecule has 0 aliphatic carbocycles. The first-order valence-electron chi connectivity index (χ1n) is 6.66. The number of hydrogen-bond acceptors (Lipinski definition) is 3. The second-order valence-electron chi connectivity index (χ2n) is 4.83. The van der Waals surface area contributed by atoms with E-state index in [4.69, 9.17) is 5.11 Å². The molecule has 2 N–H and O–H groups in total. The number of hydrogen-bond donors (Lipinski definition) is 2. The minimum absolute atomic E-state index is 0.0265. The van der Waals surface area contributed by atoms with Gasteiger partial charge in [0.15, 0.2) is 0 Å². The summed E-state index contributed by atoms with van der Waals surface area (Å²) in [5, 5.41) is 12.1. The van der Waals surface area contributed by atoms with Gasteiger partial charge in [-0.2, -0.15) is 0 Å². The Kier molecular flexibility index (Phi) is 4.57. The normalized spacial score (nSPS) is 10.6. The van der Waals surface area contributed by atoms with Gasteiger partial charge >= 0.3 is 0 Å². The molecule has 1 heterocycles. The van der Waals surface area contributed by atoms with Crippen molar-refractivity contribution < 1.29 is 9.90 Å². The maximum atomic E-state index is 12.3. The zero-order valence-corrected chi connectivity index (χ0v) is 12.8. The molecule has 20 heavy (non-hydrogen) atoms. The summed E-state index contributed by atoms with van der Waals surface area (Å²) < 4.78 is 0. The molecule has 0 radical (unpaired) electrons. The first-order valence-corrected chi connectivity index (χ1v) is 7.47. The van der Waals surface area contributed by atoms with E-state index in [-0.39, 0.29) is 12.5 Å². The van der Waals surface area contributed by atoms with Crippen LogP contribution in [-0.4, -0.2) is 11.0 Å². The lowest BCUT2D eigenvalue weighted by molar-refractivity contribution is 0.103. The molecule has 0 atom stereocenters. The predicted molar refractivity (Wildman–Crippen MR) is 83.5 cm³/mol. The van der Waals surface area contributed by atoms with Crippen molar-refractivity contribution >= 4 is 22.9 Å². The molecular formula is C16H19NO2S. The fraction of sp³-hybridized carbons (Fsp3) is 0.312. The topological polar surface area (TPSA) is 49.3 Å². The van der Waals surface area contributed by atoms with Crippen molar-refractivity contribution in [3.8, 4) is 0 Å². The Hall–Kier alpha value is -1.65. The highest BCUT2D eigenvalue weighted by Crippen LogP contribution is 2.24. The molecule has 3 nitrogen and oxygen atoms in total. The summed E-state index contributed by atoms with van der Waals surface area (Å²) in [4.78, 5) is 14.3. The van der Waals surface area contributed by atoms with Crippen LogP contribution in [0.2, 0.25) is 0 Å². The number of aliphatic hydroxyl groups excluding tert-OH is 1. The Morgan fingerprint density at radius 1 is 1.25 bits per heavy atom. The second kappa shape index (κ2) is 6.20. The standard InChI is InChI=1S/C16H19NO2S/c1-4-14-11(3)7-15(20-14)16(19)17-13-8-12(9-18)6-5-10(13)2/h5-8,18H,4,9H2,1-3H3,(H,17,19). The van der Waals surface area contributed by atoms with E-state index in [0.29, 0.717) is 0 Å². The number of amides is 1. The molecule has 0 saturated carbocycles. The van der Waals surface area contributed by atoms with Crippen molar-refractivity contribution in [1.82, 2.24) is 0 Å². The lowest BCUT2D eigenvalue weighted by atomic mass is 10.1. The van der Waals surface area contributed by atoms with Gasteiger partial charge < -0.3 is 10.4 Å². The molecule has 0 aliphatic heterocycles. The number of aliphatic hydroxyl groups is 1. The maximum absolute atomic E-state index is 12.3. The van der Waals surface area contributed by atoms with Crippen molar-refractivity contribution in [3.63, 3.8) is 0 Å². The number of anilines is 1. The number of nitrogens with one attached hydrogen (secondary N) is 1. The van der Waals surface area contributed by atoms with Crippen LogP contribution in [-0.2, 0) is 13.0 Å². The summed E-state index contributed by atoms with van der Waals surface area (Å²) in [6.45, 7) is 6.04. The molecule has 1 aromatic heterocycles. The van der Waals surface area contributed by atoms with Crippen molar-refractivity contribution in [3.05, 3.63) is 50.7 Å². The first-order chi connectivity index (χ1) is 9.55. The number of aryl methyl sites for hydroxylation is 3. The van der Waals surface area contributed by atoms with Gasteiger partial charge in [-0.05, 0) is 49.1 Å². The van der Waals surface area contributed by atoms with Crippen LogP contribution in [0, 0.1) is 13.8 Å². The molecule has 0 spiro atoms. The van der Waals surface area contributed by atoms with Crippen LogP contribution in [0.4, 0.5) is 5.69 Å². The molecular weight excluding hydrogens is 270 g/mol. The van der Waals surface area contributed by atoms with Gasteiger partial charge in [-0.25, -0.2) is 0 Å². The van der Waals surface area contributed by atoms with Gasteiger partial charge in [-0.1, -0.05) is 19.1 Å². The van der Waals surface area contributed by atoms with E-state index in [1.807, 2.05) is 38.1 Å².